The molecule has 4 heteroatoms. The fraction of sp³-hybridized carbons (Fsp3) is 0.200. The molecule has 100 valence electrons. The van der Waals surface area contributed by atoms with Crippen molar-refractivity contribution in [3.8, 4) is 11.1 Å². The molecule has 0 bridgehead atoms. The van der Waals surface area contributed by atoms with Crippen molar-refractivity contribution in [2.24, 2.45) is 5.84 Å². The minimum absolute atomic E-state index is 0.311. The Morgan fingerprint density at radius 1 is 1.11 bits per heavy atom. The van der Waals surface area contributed by atoms with Gasteiger partial charge in [-0.05, 0) is 47.9 Å². The summed E-state index contributed by atoms with van der Waals surface area (Å²) in [6, 6.07) is 11.2. The fourth-order valence-corrected chi connectivity index (χ4v) is 2.04. The molecule has 0 aliphatic heterocycles. The lowest BCUT2D eigenvalue weighted by Crippen LogP contribution is -2.09. The molecule has 2 aromatic carbocycles. The minimum atomic E-state index is -0.347. The van der Waals surface area contributed by atoms with Gasteiger partial charge in [0.25, 0.3) is 0 Å². The molecule has 0 unspecified atom stereocenters. The van der Waals surface area contributed by atoms with Gasteiger partial charge in [-0.15, -0.1) is 0 Å². The summed E-state index contributed by atoms with van der Waals surface area (Å²) in [6.07, 6.45) is 0. The maximum atomic E-state index is 13.8. The topological polar surface area (TPSA) is 41.3 Å². The van der Waals surface area contributed by atoms with Gasteiger partial charge in [-0.3, -0.25) is 5.84 Å². The summed E-state index contributed by atoms with van der Waals surface area (Å²) in [7, 11) is 3.98. The first kappa shape index (κ1) is 13.4. The zero-order valence-electron chi connectivity index (χ0n) is 11.4. The first-order chi connectivity index (χ1) is 9.02. The second-order valence-electron chi connectivity index (χ2n) is 4.73. The second-order valence-corrected chi connectivity index (χ2v) is 4.73. The van der Waals surface area contributed by atoms with E-state index in [2.05, 4.69) is 5.43 Å². The number of rotatable bonds is 3. The summed E-state index contributed by atoms with van der Waals surface area (Å²) in [6.45, 7) is 1.94. The van der Waals surface area contributed by atoms with E-state index >= 15 is 0 Å². The molecule has 0 saturated carbocycles. The molecule has 2 aromatic rings. The predicted octanol–water partition coefficient (Wildman–Crippen LogP) is 3.15. The average molecular weight is 259 g/mol. The van der Waals surface area contributed by atoms with Crippen molar-refractivity contribution in [1.29, 1.82) is 0 Å². The van der Waals surface area contributed by atoms with Crippen LogP contribution in [0.15, 0.2) is 36.4 Å². The van der Waals surface area contributed by atoms with Crippen LogP contribution in [-0.2, 0) is 0 Å². The maximum absolute atomic E-state index is 13.8. The molecule has 0 heterocycles. The summed E-state index contributed by atoms with van der Waals surface area (Å²) >= 11 is 0. The molecule has 19 heavy (non-hydrogen) atoms. The van der Waals surface area contributed by atoms with Gasteiger partial charge in [-0.2, -0.15) is 0 Å². The maximum Gasteiger partial charge on any atom is 0.148 e. The Labute approximate surface area is 112 Å². The van der Waals surface area contributed by atoms with E-state index < -0.39 is 0 Å². The molecular weight excluding hydrogens is 241 g/mol. The predicted molar refractivity (Wildman–Crippen MR) is 78.7 cm³/mol. The summed E-state index contributed by atoms with van der Waals surface area (Å²) in [5.41, 5.74) is 6.63. The Kier molecular flexibility index (Phi) is 3.71. The molecule has 3 N–H and O–H groups in total. The monoisotopic (exact) mass is 259 g/mol. The number of hydrogen-bond donors (Lipinski definition) is 2. The largest absolute Gasteiger partial charge is 0.378 e. The van der Waals surface area contributed by atoms with Gasteiger partial charge in [0, 0.05) is 19.8 Å². The van der Waals surface area contributed by atoms with Crippen LogP contribution in [0.3, 0.4) is 0 Å². The quantitative estimate of drug-likeness (QED) is 0.657. The van der Waals surface area contributed by atoms with Gasteiger partial charge < -0.3 is 10.3 Å². The van der Waals surface area contributed by atoms with Gasteiger partial charge in [0.05, 0.1) is 5.69 Å². The van der Waals surface area contributed by atoms with Gasteiger partial charge in [0.1, 0.15) is 5.82 Å². The highest BCUT2D eigenvalue weighted by atomic mass is 19.1. The van der Waals surface area contributed by atoms with E-state index in [4.69, 9.17) is 5.84 Å². The number of nitrogens with one attached hydrogen (secondary N) is 1. The van der Waals surface area contributed by atoms with Gasteiger partial charge >= 0.3 is 0 Å². The van der Waals surface area contributed by atoms with Crippen LogP contribution in [0.5, 0.6) is 0 Å². The third-order valence-electron chi connectivity index (χ3n) is 3.16. The number of halogens is 1. The van der Waals surface area contributed by atoms with Crippen molar-refractivity contribution in [3.05, 3.63) is 47.8 Å². The molecule has 0 aliphatic rings. The van der Waals surface area contributed by atoms with Crippen LogP contribution in [0, 0.1) is 12.7 Å². The molecular formula is C15H18FN3. The molecule has 3 nitrogen and oxygen atoms in total. The van der Waals surface area contributed by atoms with Gasteiger partial charge in [0.2, 0.25) is 0 Å². The number of benzene rings is 2. The Bertz CT molecular complexity index is 577. The normalized spacial score (nSPS) is 10.4. The summed E-state index contributed by atoms with van der Waals surface area (Å²) < 4.78 is 13.8. The second kappa shape index (κ2) is 5.28. The van der Waals surface area contributed by atoms with E-state index in [0.717, 1.165) is 22.4 Å². The average Bonchev–Trinajstić information content (AvgIpc) is 2.41. The number of aryl methyl sites for hydroxylation is 1. The highest BCUT2D eigenvalue weighted by Gasteiger charge is 2.08. The van der Waals surface area contributed by atoms with E-state index in [1.807, 2.05) is 50.2 Å². The molecule has 0 fully saturated rings. The number of hydrogen-bond acceptors (Lipinski definition) is 3. The zero-order chi connectivity index (χ0) is 14.0. The van der Waals surface area contributed by atoms with Crippen molar-refractivity contribution in [3.63, 3.8) is 0 Å². The zero-order valence-corrected chi connectivity index (χ0v) is 11.4. The minimum Gasteiger partial charge on any atom is -0.378 e. The lowest BCUT2D eigenvalue weighted by Gasteiger charge is -2.14. The van der Waals surface area contributed by atoms with Crippen molar-refractivity contribution >= 4 is 11.4 Å². The number of nitrogens with zero attached hydrogens (tertiary/aromatic N) is 1. The highest BCUT2D eigenvalue weighted by Crippen LogP contribution is 2.29. The van der Waals surface area contributed by atoms with Gasteiger partial charge in [0.15, 0.2) is 0 Å². The lowest BCUT2D eigenvalue weighted by molar-refractivity contribution is 0.631. The Morgan fingerprint density at radius 2 is 1.74 bits per heavy atom. The molecule has 0 radical (unpaired) electrons. The standard InChI is InChI=1S/C15H18FN3/c1-10-8-15(18-17)14(16)9-13(10)11-4-6-12(7-5-11)19(2)3/h4-9,18H,17H2,1-3H3. The van der Waals surface area contributed by atoms with Crippen molar-refractivity contribution in [2.75, 3.05) is 24.4 Å². The molecule has 0 aliphatic carbocycles. The summed E-state index contributed by atoms with van der Waals surface area (Å²) in [5.74, 6) is 4.92. The SMILES string of the molecule is Cc1cc(NN)c(F)cc1-c1ccc(N(C)C)cc1. The number of nitrogens with two attached hydrogens (primary N) is 1. The van der Waals surface area contributed by atoms with Crippen LogP contribution in [0.2, 0.25) is 0 Å². The van der Waals surface area contributed by atoms with Crippen molar-refractivity contribution in [1.82, 2.24) is 0 Å². The molecule has 0 atom stereocenters. The van der Waals surface area contributed by atoms with Gasteiger partial charge in [-0.1, -0.05) is 12.1 Å². The molecule has 0 saturated heterocycles. The number of nitrogen functional groups attached to an aromatic ring is 1. The summed E-state index contributed by atoms with van der Waals surface area (Å²) in [4.78, 5) is 2.03. The fourth-order valence-electron chi connectivity index (χ4n) is 2.04. The van der Waals surface area contributed by atoms with E-state index in [1.54, 1.807) is 6.07 Å². The molecule has 0 spiro atoms. The third-order valence-corrected chi connectivity index (χ3v) is 3.16. The molecule has 2 rings (SSSR count). The van der Waals surface area contributed by atoms with E-state index in [9.17, 15) is 4.39 Å². The summed E-state index contributed by atoms with van der Waals surface area (Å²) in [5, 5.41) is 0. The van der Waals surface area contributed by atoms with Crippen LogP contribution < -0.4 is 16.2 Å². The smallest absolute Gasteiger partial charge is 0.148 e. The third kappa shape index (κ3) is 2.69. The number of anilines is 2. The van der Waals surface area contributed by atoms with Crippen LogP contribution >= 0.6 is 0 Å². The molecule has 0 aromatic heterocycles. The van der Waals surface area contributed by atoms with E-state index in [-0.39, 0.29) is 5.82 Å². The van der Waals surface area contributed by atoms with Crippen LogP contribution in [0.25, 0.3) is 11.1 Å². The van der Waals surface area contributed by atoms with E-state index in [0.29, 0.717) is 5.69 Å². The molecule has 0 amide bonds. The van der Waals surface area contributed by atoms with Crippen LogP contribution in [0.1, 0.15) is 5.56 Å². The Hall–Kier alpha value is -2.07. The Balaban J connectivity index is 2.44. The Morgan fingerprint density at radius 3 is 2.26 bits per heavy atom. The van der Waals surface area contributed by atoms with Crippen LogP contribution in [0.4, 0.5) is 15.8 Å². The number of hydrazine groups is 1. The first-order valence-electron chi connectivity index (χ1n) is 6.07. The van der Waals surface area contributed by atoms with Gasteiger partial charge in [-0.25, -0.2) is 4.39 Å². The van der Waals surface area contributed by atoms with Crippen LogP contribution in [-0.4, -0.2) is 14.1 Å². The first-order valence-corrected chi connectivity index (χ1v) is 6.07. The lowest BCUT2D eigenvalue weighted by atomic mass is 9.99. The highest BCUT2D eigenvalue weighted by molar-refractivity contribution is 5.72. The van der Waals surface area contributed by atoms with Crippen molar-refractivity contribution in [2.45, 2.75) is 6.92 Å². The van der Waals surface area contributed by atoms with E-state index in [1.165, 1.54) is 6.07 Å². The van der Waals surface area contributed by atoms with Crippen molar-refractivity contribution < 1.29 is 4.39 Å².